The predicted octanol–water partition coefficient (Wildman–Crippen LogP) is 3.83. The van der Waals surface area contributed by atoms with E-state index < -0.39 is 6.04 Å². The fourth-order valence-corrected chi connectivity index (χ4v) is 3.17. The molecule has 0 saturated heterocycles. The molecule has 0 amide bonds. The molecule has 0 spiro atoms. The van der Waals surface area contributed by atoms with Crippen molar-refractivity contribution in [2.24, 2.45) is 0 Å². The lowest BCUT2D eigenvalue weighted by atomic mass is 10.0. The van der Waals surface area contributed by atoms with Gasteiger partial charge in [-0.3, -0.25) is 4.79 Å². The topological polar surface area (TPSA) is 49.4 Å². The zero-order valence-corrected chi connectivity index (χ0v) is 17.2. The summed E-state index contributed by atoms with van der Waals surface area (Å²) in [5, 5.41) is 3.72. The molecule has 3 rings (SSSR count). The van der Waals surface area contributed by atoms with Crippen molar-refractivity contribution in [1.29, 1.82) is 0 Å². The van der Waals surface area contributed by atoms with Crippen molar-refractivity contribution in [2.45, 2.75) is 12.6 Å². The average molecular weight is 415 g/mol. The van der Waals surface area contributed by atoms with Gasteiger partial charge in [0, 0.05) is 42.5 Å². The molecule has 0 aliphatic heterocycles. The van der Waals surface area contributed by atoms with Crippen LogP contribution in [0.15, 0.2) is 71.6 Å². The molecule has 7 heteroatoms. The highest BCUT2D eigenvalue weighted by molar-refractivity contribution is 7.80. The number of ketones is 1. The van der Waals surface area contributed by atoms with Crippen LogP contribution in [0.4, 0.5) is 5.69 Å². The number of aromatic nitrogens is 1. The fraction of sp³-hybridized carbons (Fsp3) is 0.190. The smallest absolute Gasteiger partial charge is 0.270 e. The summed E-state index contributed by atoms with van der Waals surface area (Å²) in [4.78, 5) is 15.7. The van der Waals surface area contributed by atoms with Gasteiger partial charge in [0.15, 0.2) is 17.4 Å². The number of furan rings is 1. The van der Waals surface area contributed by atoms with E-state index in [4.69, 9.17) is 28.2 Å². The molecule has 1 aromatic carbocycles. The Morgan fingerprint density at radius 3 is 2.43 bits per heavy atom. The van der Waals surface area contributed by atoms with E-state index >= 15 is 0 Å². The highest BCUT2D eigenvalue weighted by Gasteiger charge is 2.33. The molecular formula is C21H21ClN3O2S+. The Morgan fingerprint density at radius 2 is 1.86 bits per heavy atom. The number of hydrogen-bond donors (Lipinski definition) is 1. The van der Waals surface area contributed by atoms with Crippen LogP contribution in [-0.2, 0) is 6.54 Å². The maximum atomic E-state index is 13.3. The van der Waals surface area contributed by atoms with Crippen molar-refractivity contribution >= 4 is 40.3 Å². The summed E-state index contributed by atoms with van der Waals surface area (Å²) in [6.45, 7) is 0.409. The number of nitrogens with zero attached hydrogens (tertiary/aromatic N) is 2. The van der Waals surface area contributed by atoms with Gasteiger partial charge in [0.1, 0.15) is 5.76 Å². The third-order valence-corrected chi connectivity index (χ3v) is 4.91. The molecule has 2 aromatic heterocycles. The average Bonchev–Trinajstić information content (AvgIpc) is 3.21. The molecule has 0 aliphatic rings. The van der Waals surface area contributed by atoms with Crippen molar-refractivity contribution in [1.82, 2.24) is 5.32 Å². The highest BCUT2D eigenvalue weighted by atomic mass is 35.5. The van der Waals surface area contributed by atoms with Gasteiger partial charge in [0.25, 0.3) is 6.04 Å². The van der Waals surface area contributed by atoms with Crippen LogP contribution in [0.25, 0.3) is 0 Å². The van der Waals surface area contributed by atoms with E-state index in [0.717, 1.165) is 11.4 Å². The van der Waals surface area contributed by atoms with Gasteiger partial charge < -0.3 is 14.6 Å². The van der Waals surface area contributed by atoms with Gasteiger partial charge in [-0.05, 0) is 36.4 Å². The van der Waals surface area contributed by atoms with Gasteiger partial charge in [-0.15, -0.1) is 0 Å². The molecule has 1 atom stereocenters. The van der Waals surface area contributed by atoms with E-state index in [-0.39, 0.29) is 5.78 Å². The van der Waals surface area contributed by atoms with Gasteiger partial charge in [-0.2, -0.15) is 4.57 Å². The molecule has 0 bridgehead atoms. The maximum absolute atomic E-state index is 13.3. The van der Waals surface area contributed by atoms with E-state index in [1.807, 2.05) is 55.7 Å². The number of benzene rings is 1. The molecule has 1 N–H and O–H groups in total. The molecule has 28 heavy (non-hydrogen) atoms. The van der Waals surface area contributed by atoms with Crippen molar-refractivity contribution in [3.8, 4) is 0 Å². The lowest BCUT2D eigenvalue weighted by molar-refractivity contribution is -0.692. The maximum Gasteiger partial charge on any atom is 0.270 e. The number of rotatable bonds is 7. The normalized spacial score (nSPS) is 11.7. The number of nitrogens with one attached hydrogen (secondary N) is 1. The molecule has 5 nitrogen and oxygen atoms in total. The number of pyridine rings is 1. The fourth-order valence-electron chi connectivity index (χ4n) is 2.75. The Labute approximate surface area is 174 Å². The number of thiocarbonyl (C=S) groups is 1. The van der Waals surface area contributed by atoms with E-state index in [0.29, 0.717) is 22.1 Å². The largest absolute Gasteiger partial charge is 0.467 e. The molecule has 0 radical (unpaired) electrons. The summed E-state index contributed by atoms with van der Waals surface area (Å²) >= 11 is 11.5. The Kier molecular flexibility index (Phi) is 6.44. The minimum atomic E-state index is -0.678. The van der Waals surface area contributed by atoms with Gasteiger partial charge in [0.2, 0.25) is 5.78 Å². The first kappa shape index (κ1) is 20.0. The van der Waals surface area contributed by atoms with Gasteiger partial charge in [-0.25, -0.2) is 0 Å². The second-order valence-electron chi connectivity index (χ2n) is 6.47. The summed E-state index contributed by atoms with van der Waals surface area (Å²) in [7, 11) is 3.93. The number of carbonyl (C=O) groups is 1. The summed E-state index contributed by atoms with van der Waals surface area (Å²) in [6.07, 6.45) is 5.31. The minimum Gasteiger partial charge on any atom is -0.467 e. The first-order valence-electron chi connectivity index (χ1n) is 8.73. The van der Waals surface area contributed by atoms with Crippen LogP contribution in [0.3, 0.4) is 0 Å². The summed E-state index contributed by atoms with van der Waals surface area (Å²) < 4.78 is 7.14. The second kappa shape index (κ2) is 8.99. The zero-order chi connectivity index (χ0) is 20.1. The van der Waals surface area contributed by atoms with Gasteiger partial charge >= 0.3 is 0 Å². The first-order chi connectivity index (χ1) is 13.5. The predicted molar refractivity (Wildman–Crippen MR) is 114 cm³/mol. The Bertz CT molecular complexity index is 939. The number of anilines is 1. The third-order valence-electron chi connectivity index (χ3n) is 4.29. The standard InChI is InChI=1S/C21H20ClN3O2S/c1-24(2)17-9-11-25(12-10-17)19(20(26)15-5-7-16(22)8-6-15)21(28)23-14-18-4-3-13-27-18/h3-13,19H,14H2,1-2H3/p+1/t19-/m0/s1. The SMILES string of the molecule is CN(C)c1cc[n+]([C@@H](C(=O)c2ccc(Cl)cc2)C(=S)NCc2ccco2)cc1. The minimum absolute atomic E-state index is 0.115. The number of halogens is 1. The Hall–Kier alpha value is -2.70. The monoisotopic (exact) mass is 414 g/mol. The molecule has 0 unspecified atom stereocenters. The summed E-state index contributed by atoms with van der Waals surface area (Å²) in [5.74, 6) is 0.629. The van der Waals surface area contributed by atoms with Crippen LogP contribution in [-0.4, -0.2) is 24.9 Å². The van der Waals surface area contributed by atoms with E-state index in [1.54, 1.807) is 35.1 Å². The second-order valence-corrected chi connectivity index (χ2v) is 7.35. The molecule has 0 aliphatic carbocycles. The molecule has 2 heterocycles. The lowest BCUT2D eigenvalue weighted by Gasteiger charge is -2.16. The first-order valence-corrected chi connectivity index (χ1v) is 9.52. The molecule has 3 aromatic rings. The van der Waals surface area contributed by atoms with Crippen LogP contribution < -0.4 is 14.8 Å². The highest BCUT2D eigenvalue weighted by Crippen LogP contribution is 2.16. The Morgan fingerprint density at radius 1 is 1.18 bits per heavy atom. The van der Waals surface area contributed by atoms with Crippen LogP contribution in [0.1, 0.15) is 22.2 Å². The summed E-state index contributed by atoms with van der Waals surface area (Å²) in [5.41, 5.74) is 1.57. The number of Topliss-reactive ketones (excluding diaryl/α,β-unsaturated/α-hetero) is 1. The van der Waals surface area contributed by atoms with Crippen LogP contribution in [0, 0.1) is 0 Å². The molecule has 0 saturated carbocycles. The molecule has 0 fully saturated rings. The van der Waals surface area contributed by atoms with Crippen LogP contribution >= 0.6 is 23.8 Å². The molecule has 144 valence electrons. The van der Waals surface area contributed by atoms with Crippen LogP contribution in [0.5, 0.6) is 0 Å². The number of hydrogen-bond acceptors (Lipinski definition) is 4. The van der Waals surface area contributed by atoms with Gasteiger partial charge in [0.05, 0.1) is 12.8 Å². The van der Waals surface area contributed by atoms with E-state index in [2.05, 4.69) is 5.32 Å². The van der Waals surface area contributed by atoms with E-state index in [9.17, 15) is 4.79 Å². The van der Waals surface area contributed by atoms with Crippen molar-refractivity contribution in [3.63, 3.8) is 0 Å². The van der Waals surface area contributed by atoms with Gasteiger partial charge in [-0.1, -0.05) is 23.8 Å². The summed E-state index contributed by atoms with van der Waals surface area (Å²) in [6, 6.07) is 13.7. The lowest BCUT2D eigenvalue weighted by Crippen LogP contribution is -2.51. The quantitative estimate of drug-likeness (QED) is 0.362. The Balaban J connectivity index is 1.89. The zero-order valence-electron chi connectivity index (χ0n) is 15.6. The van der Waals surface area contributed by atoms with Crippen LogP contribution in [0.2, 0.25) is 5.02 Å². The van der Waals surface area contributed by atoms with E-state index in [1.165, 1.54) is 0 Å². The van der Waals surface area contributed by atoms with Crippen molar-refractivity contribution in [2.75, 3.05) is 19.0 Å². The third kappa shape index (κ3) is 4.77. The number of carbonyl (C=O) groups excluding carboxylic acids is 1. The van der Waals surface area contributed by atoms with Crippen molar-refractivity contribution in [3.05, 3.63) is 83.5 Å². The van der Waals surface area contributed by atoms with Crippen molar-refractivity contribution < 1.29 is 13.8 Å². The molecular weight excluding hydrogens is 394 g/mol.